The first-order chi connectivity index (χ1) is 7.53. The maximum atomic E-state index is 13.6. The van der Waals surface area contributed by atoms with E-state index >= 15 is 0 Å². The first-order valence-corrected chi connectivity index (χ1v) is 4.99. The molecule has 0 radical (unpaired) electrons. The molecular formula is C12H13FN2O. The molecule has 0 aliphatic rings. The molecule has 1 heterocycles. The monoisotopic (exact) mass is 220 g/mol. The van der Waals surface area contributed by atoms with Gasteiger partial charge in [0.15, 0.2) is 0 Å². The van der Waals surface area contributed by atoms with Gasteiger partial charge >= 0.3 is 0 Å². The Hall–Kier alpha value is -1.68. The fourth-order valence-corrected chi connectivity index (χ4v) is 1.85. The van der Waals surface area contributed by atoms with E-state index in [0.717, 1.165) is 0 Å². The van der Waals surface area contributed by atoms with Crippen LogP contribution in [0.4, 0.5) is 4.39 Å². The molecule has 2 rings (SSSR count). The highest BCUT2D eigenvalue weighted by molar-refractivity contribution is 5.32. The molecule has 1 N–H and O–H groups in total. The Balaban J connectivity index is 2.55. The van der Waals surface area contributed by atoms with Gasteiger partial charge in [-0.2, -0.15) is 5.10 Å². The van der Waals surface area contributed by atoms with E-state index in [-0.39, 0.29) is 5.56 Å². The van der Waals surface area contributed by atoms with Crippen molar-refractivity contribution in [3.63, 3.8) is 0 Å². The molecule has 1 unspecified atom stereocenters. The summed E-state index contributed by atoms with van der Waals surface area (Å²) in [5.41, 5.74) is -0.576. The summed E-state index contributed by atoms with van der Waals surface area (Å²) in [6, 6.07) is 7.87. The Morgan fingerprint density at radius 2 is 2.00 bits per heavy atom. The molecule has 16 heavy (non-hydrogen) atoms. The molecule has 0 spiro atoms. The summed E-state index contributed by atoms with van der Waals surface area (Å²) < 4.78 is 15.2. The number of hydrogen-bond acceptors (Lipinski definition) is 2. The van der Waals surface area contributed by atoms with Crippen LogP contribution in [-0.2, 0) is 12.6 Å². The maximum Gasteiger partial charge on any atom is 0.131 e. The Kier molecular flexibility index (Phi) is 2.52. The lowest BCUT2D eigenvalue weighted by atomic mass is 9.92. The SMILES string of the molecule is Cn1nccc1C(C)(O)c1ccccc1F. The Labute approximate surface area is 93.2 Å². The third kappa shape index (κ3) is 1.61. The normalized spacial score (nSPS) is 14.8. The summed E-state index contributed by atoms with van der Waals surface area (Å²) in [6.45, 7) is 1.56. The van der Waals surface area contributed by atoms with Crippen LogP contribution in [0.5, 0.6) is 0 Å². The van der Waals surface area contributed by atoms with Gasteiger partial charge in [-0.15, -0.1) is 0 Å². The second kappa shape index (κ2) is 3.72. The number of aryl methyl sites for hydroxylation is 1. The van der Waals surface area contributed by atoms with Crippen LogP contribution >= 0.6 is 0 Å². The van der Waals surface area contributed by atoms with E-state index in [2.05, 4.69) is 5.10 Å². The zero-order valence-electron chi connectivity index (χ0n) is 9.18. The molecular weight excluding hydrogens is 207 g/mol. The van der Waals surface area contributed by atoms with Crippen LogP contribution < -0.4 is 0 Å². The average molecular weight is 220 g/mol. The molecule has 1 atom stereocenters. The Bertz CT molecular complexity index is 505. The van der Waals surface area contributed by atoms with E-state index in [0.29, 0.717) is 5.69 Å². The van der Waals surface area contributed by atoms with Gasteiger partial charge in [-0.1, -0.05) is 18.2 Å². The lowest BCUT2D eigenvalue weighted by Crippen LogP contribution is -2.27. The highest BCUT2D eigenvalue weighted by Gasteiger charge is 2.31. The summed E-state index contributed by atoms with van der Waals surface area (Å²) in [4.78, 5) is 0. The van der Waals surface area contributed by atoms with E-state index in [1.807, 2.05) is 0 Å². The summed E-state index contributed by atoms with van der Waals surface area (Å²) in [5.74, 6) is -0.422. The largest absolute Gasteiger partial charge is 0.379 e. The van der Waals surface area contributed by atoms with Crippen molar-refractivity contribution in [3.8, 4) is 0 Å². The molecule has 4 heteroatoms. The lowest BCUT2D eigenvalue weighted by Gasteiger charge is -2.24. The van der Waals surface area contributed by atoms with Crippen LogP contribution in [0.2, 0.25) is 0 Å². The smallest absolute Gasteiger partial charge is 0.131 e. The molecule has 0 aliphatic heterocycles. The van der Waals surface area contributed by atoms with E-state index < -0.39 is 11.4 Å². The van der Waals surface area contributed by atoms with Crippen molar-refractivity contribution in [3.05, 3.63) is 53.6 Å². The van der Waals surface area contributed by atoms with Gasteiger partial charge in [-0.25, -0.2) is 4.39 Å². The minimum Gasteiger partial charge on any atom is -0.379 e. The van der Waals surface area contributed by atoms with Crippen molar-refractivity contribution in [1.29, 1.82) is 0 Å². The molecule has 0 fully saturated rings. The van der Waals surface area contributed by atoms with Crippen molar-refractivity contribution in [2.75, 3.05) is 0 Å². The first-order valence-electron chi connectivity index (χ1n) is 4.99. The highest BCUT2D eigenvalue weighted by atomic mass is 19.1. The number of aliphatic hydroxyl groups is 1. The third-order valence-electron chi connectivity index (χ3n) is 2.72. The van der Waals surface area contributed by atoms with Crippen molar-refractivity contribution >= 4 is 0 Å². The van der Waals surface area contributed by atoms with Gasteiger partial charge in [0.2, 0.25) is 0 Å². The molecule has 1 aromatic heterocycles. The van der Waals surface area contributed by atoms with E-state index in [4.69, 9.17) is 0 Å². The standard InChI is InChI=1S/C12H13FN2O/c1-12(16,11-7-8-14-15(11)2)9-5-3-4-6-10(9)13/h3-8,16H,1-2H3. The average Bonchev–Trinajstić information content (AvgIpc) is 2.65. The molecule has 0 aliphatic carbocycles. The van der Waals surface area contributed by atoms with Gasteiger partial charge in [-0.05, 0) is 19.1 Å². The number of aromatic nitrogens is 2. The van der Waals surface area contributed by atoms with E-state index in [1.165, 1.54) is 10.7 Å². The fourth-order valence-electron chi connectivity index (χ4n) is 1.85. The number of halogens is 1. The molecule has 1 aromatic carbocycles. The van der Waals surface area contributed by atoms with Gasteiger partial charge in [0.25, 0.3) is 0 Å². The minimum absolute atomic E-state index is 0.249. The quantitative estimate of drug-likeness (QED) is 0.838. The first kappa shape index (κ1) is 10.8. The van der Waals surface area contributed by atoms with E-state index in [1.54, 1.807) is 44.4 Å². The summed E-state index contributed by atoms with van der Waals surface area (Å²) in [5, 5.41) is 14.4. The number of nitrogens with zero attached hydrogens (tertiary/aromatic N) is 2. The highest BCUT2D eigenvalue weighted by Crippen LogP contribution is 2.29. The summed E-state index contributed by atoms with van der Waals surface area (Å²) in [6.07, 6.45) is 1.57. The molecule has 0 bridgehead atoms. The predicted octanol–water partition coefficient (Wildman–Crippen LogP) is 1.81. The molecule has 3 nitrogen and oxygen atoms in total. The molecule has 0 saturated carbocycles. The van der Waals surface area contributed by atoms with Gasteiger partial charge < -0.3 is 5.11 Å². The fraction of sp³-hybridized carbons (Fsp3) is 0.250. The topological polar surface area (TPSA) is 38.0 Å². The van der Waals surface area contributed by atoms with Crippen molar-refractivity contribution in [2.24, 2.45) is 7.05 Å². The molecule has 2 aromatic rings. The molecule has 0 amide bonds. The van der Waals surface area contributed by atoms with Crippen molar-refractivity contribution in [1.82, 2.24) is 9.78 Å². The van der Waals surface area contributed by atoms with Crippen molar-refractivity contribution in [2.45, 2.75) is 12.5 Å². The predicted molar refractivity (Wildman–Crippen MR) is 58.3 cm³/mol. The zero-order chi connectivity index (χ0) is 11.8. The van der Waals surface area contributed by atoms with Crippen LogP contribution in [0.25, 0.3) is 0 Å². The van der Waals surface area contributed by atoms with Gasteiger partial charge in [0.05, 0.1) is 5.69 Å². The Morgan fingerprint density at radius 3 is 2.56 bits per heavy atom. The number of hydrogen-bond donors (Lipinski definition) is 1. The van der Waals surface area contributed by atoms with Gasteiger partial charge in [0, 0.05) is 18.8 Å². The van der Waals surface area contributed by atoms with Crippen molar-refractivity contribution < 1.29 is 9.50 Å². The van der Waals surface area contributed by atoms with Gasteiger partial charge in [0.1, 0.15) is 11.4 Å². The number of benzene rings is 1. The summed E-state index contributed by atoms with van der Waals surface area (Å²) in [7, 11) is 1.71. The van der Waals surface area contributed by atoms with Crippen LogP contribution in [0.15, 0.2) is 36.5 Å². The second-order valence-corrected chi connectivity index (χ2v) is 3.89. The number of rotatable bonds is 2. The van der Waals surface area contributed by atoms with Crippen LogP contribution in [-0.4, -0.2) is 14.9 Å². The van der Waals surface area contributed by atoms with Crippen LogP contribution in [0.1, 0.15) is 18.2 Å². The lowest BCUT2D eigenvalue weighted by molar-refractivity contribution is 0.0888. The van der Waals surface area contributed by atoms with Crippen LogP contribution in [0.3, 0.4) is 0 Å². The van der Waals surface area contributed by atoms with Crippen LogP contribution in [0, 0.1) is 5.82 Å². The third-order valence-corrected chi connectivity index (χ3v) is 2.72. The Morgan fingerprint density at radius 1 is 1.31 bits per heavy atom. The van der Waals surface area contributed by atoms with Gasteiger partial charge in [-0.3, -0.25) is 4.68 Å². The zero-order valence-corrected chi connectivity index (χ0v) is 9.18. The molecule has 0 saturated heterocycles. The summed E-state index contributed by atoms with van der Waals surface area (Å²) >= 11 is 0. The second-order valence-electron chi connectivity index (χ2n) is 3.89. The van der Waals surface area contributed by atoms with E-state index in [9.17, 15) is 9.50 Å². The maximum absolute atomic E-state index is 13.6. The minimum atomic E-state index is -1.38. The molecule has 84 valence electrons.